The number of aromatic nitrogens is 2. The molecule has 1 aromatic heterocycles. The van der Waals surface area contributed by atoms with Gasteiger partial charge in [0.2, 0.25) is 0 Å². The molecule has 1 aliphatic rings. The summed E-state index contributed by atoms with van der Waals surface area (Å²) in [5, 5.41) is 4.21. The SMILES string of the molecule is COC1(Cn2ccc(N)n2)CCCCC1. The number of anilines is 1. The molecular formula is C11H19N3O. The normalized spacial score (nSPS) is 20.3. The maximum absolute atomic E-state index is 5.69. The third-order valence-corrected chi connectivity index (χ3v) is 3.31. The predicted molar refractivity (Wildman–Crippen MR) is 59.5 cm³/mol. The van der Waals surface area contributed by atoms with Gasteiger partial charge in [0.1, 0.15) is 5.82 Å². The molecule has 0 amide bonds. The molecule has 0 saturated heterocycles. The summed E-state index contributed by atoms with van der Waals surface area (Å²) in [6.45, 7) is 0.820. The van der Waals surface area contributed by atoms with Gasteiger partial charge in [-0.25, -0.2) is 0 Å². The van der Waals surface area contributed by atoms with Crippen LogP contribution < -0.4 is 5.73 Å². The summed E-state index contributed by atoms with van der Waals surface area (Å²) in [5.74, 6) is 0.581. The highest BCUT2D eigenvalue weighted by Gasteiger charge is 2.32. The second kappa shape index (κ2) is 4.23. The fraction of sp³-hybridized carbons (Fsp3) is 0.727. The quantitative estimate of drug-likeness (QED) is 0.826. The summed E-state index contributed by atoms with van der Waals surface area (Å²) in [6.07, 6.45) is 8.01. The number of nitrogens with two attached hydrogens (primary N) is 1. The lowest BCUT2D eigenvalue weighted by Crippen LogP contribution is -2.38. The number of methoxy groups -OCH3 is 1. The standard InChI is InChI=1S/C11H19N3O/c1-15-11(6-3-2-4-7-11)9-14-8-5-10(12)13-14/h5,8H,2-4,6-7,9H2,1H3,(H2,12,13). The lowest BCUT2D eigenvalue weighted by Gasteiger charge is -2.35. The molecule has 1 heterocycles. The van der Waals surface area contributed by atoms with Crippen LogP contribution in [0.3, 0.4) is 0 Å². The molecule has 2 rings (SSSR count). The van der Waals surface area contributed by atoms with E-state index in [9.17, 15) is 0 Å². The number of hydrogen-bond donors (Lipinski definition) is 1. The molecule has 0 radical (unpaired) electrons. The van der Waals surface area contributed by atoms with E-state index in [1.807, 2.05) is 16.9 Å². The first-order valence-electron chi connectivity index (χ1n) is 5.58. The van der Waals surface area contributed by atoms with Gasteiger partial charge in [0.05, 0.1) is 12.1 Å². The Morgan fingerprint density at radius 1 is 1.47 bits per heavy atom. The third-order valence-electron chi connectivity index (χ3n) is 3.31. The number of ether oxygens (including phenoxy) is 1. The summed E-state index contributed by atoms with van der Waals surface area (Å²) in [4.78, 5) is 0. The third kappa shape index (κ3) is 2.31. The van der Waals surface area contributed by atoms with Gasteiger partial charge < -0.3 is 10.5 Å². The zero-order valence-electron chi connectivity index (χ0n) is 9.28. The Morgan fingerprint density at radius 2 is 2.20 bits per heavy atom. The Morgan fingerprint density at radius 3 is 2.73 bits per heavy atom. The summed E-state index contributed by atoms with van der Waals surface area (Å²) in [7, 11) is 1.80. The summed E-state index contributed by atoms with van der Waals surface area (Å²) < 4.78 is 7.58. The van der Waals surface area contributed by atoms with Crippen molar-refractivity contribution in [2.45, 2.75) is 44.2 Å². The van der Waals surface area contributed by atoms with Crippen molar-refractivity contribution in [1.82, 2.24) is 9.78 Å². The van der Waals surface area contributed by atoms with Gasteiger partial charge in [0.25, 0.3) is 0 Å². The van der Waals surface area contributed by atoms with Crippen LogP contribution in [-0.2, 0) is 11.3 Å². The van der Waals surface area contributed by atoms with E-state index in [1.165, 1.54) is 19.3 Å². The van der Waals surface area contributed by atoms with Crippen molar-refractivity contribution in [3.63, 3.8) is 0 Å². The Hall–Kier alpha value is -1.03. The molecule has 0 spiro atoms. The predicted octanol–water partition coefficient (Wildman–Crippen LogP) is 1.81. The highest BCUT2D eigenvalue weighted by Crippen LogP contribution is 2.32. The number of nitrogen functional groups attached to an aromatic ring is 1. The highest BCUT2D eigenvalue weighted by atomic mass is 16.5. The molecule has 0 unspecified atom stereocenters. The average Bonchev–Trinajstić information content (AvgIpc) is 2.65. The van der Waals surface area contributed by atoms with Crippen LogP contribution >= 0.6 is 0 Å². The molecule has 1 aliphatic carbocycles. The minimum atomic E-state index is -0.0172. The first-order valence-corrected chi connectivity index (χ1v) is 5.58. The largest absolute Gasteiger partial charge is 0.382 e. The number of rotatable bonds is 3. The zero-order valence-corrected chi connectivity index (χ0v) is 9.28. The zero-order chi connectivity index (χ0) is 10.7. The van der Waals surface area contributed by atoms with Crippen LogP contribution in [0.4, 0.5) is 5.82 Å². The van der Waals surface area contributed by atoms with Crippen molar-refractivity contribution >= 4 is 5.82 Å². The van der Waals surface area contributed by atoms with E-state index in [4.69, 9.17) is 10.5 Å². The van der Waals surface area contributed by atoms with E-state index in [2.05, 4.69) is 5.10 Å². The van der Waals surface area contributed by atoms with Crippen LogP contribution in [0.15, 0.2) is 12.3 Å². The van der Waals surface area contributed by atoms with Gasteiger partial charge in [0.15, 0.2) is 0 Å². The van der Waals surface area contributed by atoms with Gasteiger partial charge in [-0.3, -0.25) is 4.68 Å². The molecule has 0 aromatic carbocycles. The molecule has 84 valence electrons. The molecular weight excluding hydrogens is 190 g/mol. The van der Waals surface area contributed by atoms with Crippen LogP contribution in [0.5, 0.6) is 0 Å². The maximum Gasteiger partial charge on any atom is 0.145 e. The van der Waals surface area contributed by atoms with Crippen molar-refractivity contribution in [3.05, 3.63) is 12.3 Å². The summed E-state index contributed by atoms with van der Waals surface area (Å²) in [5.41, 5.74) is 5.58. The fourth-order valence-corrected chi connectivity index (χ4v) is 2.38. The fourth-order valence-electron chi connectivity index (χ4n) is 2.38. The van der Waals surface area contributed by atoms with Crippen LogP contribution in [0.1, 0.15) is 32.1 Å². The van der Waals surface area contributed by atoms with Crippen LogP contribution in [0, 0.1) is 0 Å². The number of hydrogen-bond acceptors (Lipinski definition) is 3. The first kappa shape index (κ1) is 10.5. The monoisotopic (exact) mass is 209 g/mol. The molecule has 1 fully saturated rings. The van der Waals surface area contributed by atoms with Gasteiger partial charge in [0, 0.05) is 13.3 Å². The van der Waals surface area contributed by atoms with E-state index in [-0.39, 0.29) is 5.60 Å². The van der Waals surface area contributed by atoms with E-state index < -0.39 is 0 Å². The Bertz CT molecular complexity index is 315. The molecule has 0 aliphatic heterocycles. The number of nitrogens with zero attached hydrogens (tertiary/aromatic N) is 2. The second-order valence-electron chi connectivity index (χ2n) is 4.39. The maximum atomic E-state index is 5.69. The Labute approximate surface area is 90.4 Å². The summed E-state index contributed by atoms with van der Waals surface area (Å²) >= 11 is 0. The van der Waals surface area contributed by atoms with Gasteiger partial charge in [-0.05, 0) is 18.9 Å². The minimum absolute atomic E-state index is 0.0172. The van der Waals surface area contributed by atoms with E-state index in [0.717, 1.165) is 19.4 Å². The molecule has 4 heteroatoms. The molecule has 2 N–H and O–H groups in total. The lowest BCUT2D eigenvalue weighted by atomic mass is 9.84. The minimum Gasteiger partial charge on any atom is -0.382 e. The average molecular weight is 209 g/mol. The van der Waals surface area contributed by atoms with Gasteiger partial charge in [-0.15, -0.1) is 0 Å². The van der Waals surface area contributed by atoms with Gasteiger partial charge in [-0.2, -0.15) is 5.10 Å². The Kier molecular flexibility index (Phi) is 2.95. The van der Waals surface area contributed by atoms with Crippen molar-refractivity contribution in [3.8, 4) is 0 Å². The van der Waals surface area contributed by atoms with Gasteiger partial charge >= 0.3 is 0 Å². The van der Waals surface area contributed by atoms with Crippen molar-refractivity contribution in [2.75, 3.05) is 12.8 Å². The van der Waals surface area contributed by atoms with E-state index in [1.54, 1.807) is 7.11 Å². The van der Waals surface area contributed by atoms with Crippen molar-refractivity contribution < 1.29 is 4.74 Å². The molecule has 0 bridgehead atoms. The second-order valence-corrected chi connectivity index (χ2v) is 4.39. The first-order chi connectivity index (χ1) is 7.24. The molecule has 4 nitrogen and oxygen atoms in total. The molecule has 1 saturated carbocycles. The summed E-state index contributed by atoms with van der Waals surface area (Å²) in [6, 6.07) is 1.83. The topological polar surface area (TPSA) is 53.1 Å². The van der Waals surface area contributed by atoms with Crippen molar-refractivity contribution in [2.24, 2.45) is 0 Å². The van der Waals surface area contributed by atoms with Crippen LogP contribution in [0.25, 0.3) is 0 Å². The van der Waals surface area contributed by atoms with Crippen LogP contribution in [-0.4, -0.2) is 22.5 Å². The molecule has 15 heavy (non-hydrogen) atoms. The lowest BCUT2D eigenvalue weighted by molar-refractivity contribution is -0.0539. The molecule has 1 aromatic rings. The highest BCUT2D eigenvalue weighted by molar-refractivity contribution is 5.23. The smallest absolute Gasteiger partial charge is 0.145 e. The van der Waals surface area contributed by atoms with Crippen molar-refractivity contribution in [1.29, 1.82) is 0 Å². The Balaban J connectivity index is 2.06. The van der Waals surface area contributed by atoms with Crippen LogP contribution in [0.2, 0.25) is 0 Å². The molecule has 0 atom stereocenters. The van der Waals surface area contributed by atoms with E-state index >= 15 is 0 Å². The van der Waals surface area contributed by atoms with Gasteiger partial charge in [-0.1, -0.05) is 19.3 Å². The van der Waals surface area contributed by atoms with E-state index in [0.29, 0.717) is 5.82 Å².